The second kappa shape index (κ2) is 41.7. The summed E-state index contributed by atoms with van der Waals surface area (Å²) in [7, 11) is -2.85. The van der Waals surface area contributed by atoms with Crippen molar-refractivity contribution in [2.45, 2.75) is 182 Å². The number of likely N-dealkylation sites (tertiary alicyclic amines) is 1. The molecular weight excluding hydrogens is 1800 g/mol. The minimum absolute atomic E-state index is 0.0349. The van der Waals surface area contributed by atoms with Gasteiger partial charge in [0.1, 0.15) is 101 Å². The molecule has 8 heterocycles. The molecule has 48 heteroatoms. The highest BCUT2D eigenvalue weighted by molar-refractivity contribution is 7.87. The lowest BCUT2D eigenvalue weighted by Crippen LogP contribution is -2.65. The van der Waals surface area contributed by atoms with E-state index in [4.69, 9.17) is 67.3 Å². The van der Waals surface area contributed by atoms with Gasteiger partial charge in [-0.1, -0.05) is 55.2 Å². The van der Waals surface area contributed by atoms with Crippen molar-refractivity contribution in [1.82, 2.24) is 57.6 Å². The fraction of sp³-hybridized carbons (Fsp3) is 0.458. The number of nitrogens with zero attached hydrogens (tertiary/aromatic N) is 1. The Kier molecular flexibility index (Phi) is 31.4. The minimum atomic E-state index is -4.92. The number of aliphatic hydroxyl groups is 6. The number of fused-ring (bicyclic) bond motifs is 15. The van der Waals surface area contributed by atoms with E-state index >= 15 is 24.0 Å². The number of phenols is 3. The van der Waals surface area contributed by atoms with E-state index in [1.807, 2.05) is 10.2 Å². The van der Waals surface area contributed by atoms with E-state index in [1.165, 1.54) is 32.2 Å². The number of nitrogens with one attached hydrogen (secondary N) is 11. The Morgan fingerprint density at radius 2 is 1.35 bits per heavy atom. The third-order valence-corrected chi connectivity index (χ3v) is 23.9. The number of carbonyl (C=O) groups excluding carboxylic acids is 9. The first-order valence-electron chi connectivity index (χ1n) is 41.2. The van der Waals surface area contributed by atoms with E-state index in [1.54, 1.807) is 25.7 Å². The number of aliphatic hydroxyl groups excluding tert-OH is 6. The molecule has 18 atom stereocenters. The standard InChI is InChI=1S/C83H99Cl2F3N14O28S/c1-35(2)24-49(91-5)73(113)99-64-66(108)39-7-14-53(47(84)26-39)125-55-28-41-29-56(70(55)129-80-71(69(111)68(110)57(34-103)127-80)128-59-33-82(4,72(112)36(3)124-59)92-19-16-37-17-21-102(22-18-37)81(120)94-42-9-11-44(12-10-42)130-83(86,87)88)126-54-15-8-40(27-48(54)85)67(109)65-78(118)98-63(79(119)101-123-23-20-93-131(90,121)122)46-30-43(104)31-52(106)60(46)45-25-38(6-13-51(45)105)61(75(115)100-65)97-76(116)62(41)96-74(114)50(32-58(89)107)95-77(64)117/h6-15,25-31,35-37,49-50,57,59,61-69,71-72,80,91-93,103-106,108-112H,16-24,32-34H2,1-5H3,(H2,89,107)(H,94,120)(H,95,117)(H,96,114)(H,97,116)(H,98,118)(H,99,113)(H,100,115)(H,101,119)(H2,90,121,122)/t36?,49?,50?,57?,59?,61?,62?,63-,64?,65?,66?,67?,68?,69?,71?,72?,80?,82-/m1/s1. The fourth-order valence-corrected chi connectivity index (χ4v) is 16.8. The van der Waals surface area contributed by atoms with Gasteiger partial charge >= 0.3 is 12.4 Å². The number of phenolic OH excluding ortho intramolecular Hbond substituents is 3. The van der Waals surface area contributed by atoms with Crippen LogP contribution in [0.25, 0.3) is 11.1 Å². The molecule has 42 nitrogen and oxygen atoms in total. The fourth-order valence-electron chi connectivity index (χ4n) is 16.0. The monoisotopic (exact) mass is 1900 g/mol. The van der Waals surface area contributed by atoms with Gasteiger partial charge in [0.05, 0.1) is 47.9 Å². The summed E-state index contributed by atoms with van der Waals surface area (Å²) in [6, 6.07) is 2.80. The summed E-state index contributed by atoms with van der Waals surface area (Å²) in [6.45, 7) is 5.45. The molecule has 0 radical (unpaired) electrons. The van der Waals surface area contributed by atoms with Gasteiger partial charge in [-0.25, -0.2) is 20.1 Å². The van der Waals surface area contributed by atoms with Gasteiger partial charge in [-0.2, -0.15) is 8.42 Å². The second-order valence-corrected chi connectivity index (χ2v) is 34.9. The molecule has 6 aromatic rings. The van der Waals surface area contributed by atoms with Gasteiger partial charge in [0.15, 0.2) is 23.9 Å². The van der Waals surface area contributed by atoms with Crippen LogP contribution in [0.3, 0.4) is 0 Å². The number of amides is 10. The number of halogens is 5. The lowest BCUT2D eigenvalue weighted by atomic mass is 9.84. The molecule has 16 unspecified atom stereocenters. The number of ether oxygens (including phenoxy) is 7. The number of nitrogens with two attached hydrogens (primary N) is 2. The molecule has 0 saturated carbocycles. The number of anilines is 1. The quantitative estimate of drug-likeness (QED) is 0.0303. The number of alkyl halides is 3. The molecule has 3 saturated heterocycles. The molecule has 8 aliphatic rings. The van der Waals surface area contributed by atoms with Gasteiger partial charge in [0, 0.05) is 54.5 Å². The lowest BCUT2D eigenvalue weighted by molar-refractivity contribution is -0.334. The van der Waals surface area contributed by atoms with Crippen molar-refractivity contribution in [3.63, 3.8) is 0 Å². The highest BCUT2D eigenvalue weighted by Gasteiger charge is 2.53. The van der Waals surface area contributed by atoms with Gasteiger partial charge in [0.25, 0.3) is 16.1 Å². The van der Waals surface area contributed by atoms with Crippen LogP contribution in [0.15, 0.2) is 103 Å². The van der Waals surface area contributed by atoms with Crippen molar-refractivity contribution in [1.29, 1.82) is 0 Å². The third-order valence-electron chi connectivity index (χ3n) is 22.8. The first-order chi connectivity index (χ1) is 61.9. The number of hydrogen-bond acceptors (Lipinski definition) is 30. The van der Waals surface area contributed by atoms with Crippen molar-refractivity contribution in [2.75, 3.05) is 51.8 Å². The van der Waals surface area contributed by atoms with Crippen LogP contribution in [0.1, 0.15) is 124 Å². The van der Waals surface area contributed by atoms with Crippen molar-refractivity contribution in [3.8, 4) is 62.9 Å². The number of urea groups is 1. The summed E-state index contributed by atoms with van der Waals surface area (Å²) >= 11 is 14.4. The number of rotatable bonds is 24. The first kappa shape index (κ1) is 98.7. The maximum Gasteiger partial charge on any atom is 0.573 e. The Hall–Kier alpha value is -11.3. The SMILES string of the molecule is CNC(CC(C)C)C(=O)NC1C(=O)NC(CC(N)=O)C(=O)NC2C(=O)NC3C(=O)NC(C(=O)N[C@@H](C(=O)NOCCNS(N)(=O)=O)c4cc(O)cc(O)c4-c4cc3ccc4O)C(O)c3ccc(c(Cl)c3)Oc3cc2cc(c3OC2OC(CO)C(O)C(O)C2OC2C[C@@](C)(NCCC3CCN(C(=O)Nc4ccc(OC(F)(F)F)cc4)CC3)C(O)C(C)O2)Oc2ccc(cc2Cl)C1O. The predicted molar refractivity (Wildman–Crippen MR) is 452 cm³/mol. The van der Waals surface area contributed by atoms with E-state index in [9.17, 15) is 86.7 Å². The van der Waals surface area contributed by atoms with E-state index < -0.39 is 295 Å². The average Bonchev–Trinajstić information content (AvgIpc) is 0.762. The third kappa shape index (κ3) is 24.0. The maximum absolute atomic E-state index is 16.4. The molecule has 14 rings (SSSR count). The maximum atomic E-state index is 16.4. The average molecular weight is 1900 g/mol. The predicted octanol–water partition coefficient (Wildman–Crippen LogP) is 1.73. The van der Waals surface area contributed by atoms with Gasteiger partial charge < -0.3 is 138 Å². The minimum Gasteiger partial charge on any atom is -0.508 e. The number of hydrogen-bond donors (Lipinski definition) is 22. The molecule has 3 fully saturated rings. The molecule has 0 aliphatic carbocycles. The molecule has 24 N–H and O–H groups in total. The van der Waals surface area contributed by atoms with E-state index in [2.05, 4.69) is 52.6 Å². The second-order valence-electron chi connectivity index (χ2n) is 32.7. The molecule has 6 aromatic carbocycles. The zero-order valence-electron chi connectivity index (χ0n) is 70.5. The molecule has 710 valence electrons. The summed E-state index contributed by atoms with van der Waals surface area (Å²) in [6.07, 6.45) is -22.8. The van der Waals surface area contributed by atoms with Gasteiger partial charge in [-0.15, -0.1) is 13.2 Å². The zero-order valence-corrected chi connectivity index (χ0v) is 72.8. The van der Waals surface area contributed by atoms with Crippen LogP contribution in [0, 0.1) is 11.8 Å². The smallest absolute Gasteiger partial charge is 0.508 e. The topological polar surface area (TPSA) is 631 Å². The van der Waals surface area contributed by atoms with Crippen LogP contribution in [0.5, 0.6) is 51.7 Å². The summed E-state index contributed by atoms with van der Waals surface area (Å²) in [5.41, 5.74) is 3.61. The van der Waals surface area contributed by atoms with E-state index in [-0.39, 0.29) is 48.0 Å². The lowest BCUT2D eigenvalue weighted by Gasteiger charge is -2.48. The summed E-state index contributed by atoms with van der Waals surface area (Å²) in [5, 5.41) is 135. The van der Waals surface area contributed by atoms with Crippen LogP contribution in [0.2, 0.25) is 10.0 Å². The van der Waals surface area contributed by atoms with E-state index in [0.29, 0.717) is 32.4 Å². The van der Waals surface area contributed by atoms with Gasteiger partial charge in [-0.3, -0.25) is 43.2 Å². The summed E-state index contributed by atoms with van der Waals surface area (Å²) in [4.78, 5) is 140. The highest BCUT2D eigenvalue weighted by Crippen LogP contribution is 2.50. The molecule has 8 aliphatic heterocycles. The van der Waals surface area contributed by atoms with Gasteiger partial charge in [0.2, 0.25) is 53.4 Å². The number of likely N-dealkylation sites (N-methyl/N-ethyl adjacent to an activating group) is 1. The molecule has 131 heavy (non-hydrogen) atoms. The Balaban J connectivity index is 0.970. The molecular formula is C83H99Cl2F3N14O28S. The van der Waals surface area contributed by atoms with Crippen molar-refractivity contribution >= 4 is 92.4 Å². The summed E-state index contributed by atoms with van der Waals surface area (Å²) in [5.74, 6) is -16.7. The van der Waals surface area contributed by atoms with Crippen molar-refractivity contribution in [2.24, 2.45) is 22.7 Å². The number of benzene rings is 6. The van der Waals surface area contributed by atoms with E-state index in [0.717, 1.165) is 84.9 Å². The summed E-state index contributed by atoms with van der Waals surface area (Å²) < 4.78 is 107. The van der Waals surface area contributed by atoms with Crippen LogP contribution >= 0.6 is 23.2 Å². The number of piperidine rings is 1. The Labute approximate surface area is 755 Å². The van der Waals surface area contributed by atoms with Crippen LogP contribution < -0.4 is 87.9 Å². The number of aromatic hydroxyl groups is 3. The molecule has 10 amide bonds. The Morgan fingerprint density at radius 3 is 1.96 bits per heavy atom. The van der Waals surface area contributed by atoms with Gasteiger partial charge in [-0.05, 0) is 172 Å². The zero-order chi connectivity index (χ0) is 95.2. The van der Waals surface area contributed by atoms with Crippen LogP contribution in [0.4, 0.5) is 23.7 Å². The normalized spacial score (nSPS) is 26.4. The van der Waals surface area contributed by atoms with Crippen LogP contribution in [-0.2, 0) is 67.6 Å². The number of hydroxylamine groups is 1. The largest absolute Gasteiger partial charge is 0.573 e. The molecule has 0 aromatic heterocycles. The number of carbonyl (C=O) groups is 9. The van der Waals surface area contributed by atoms with Crippen LogP contribution in [-0.4, -0.2) is 244 Å². The molecule has 0 spiro atoms. The van der Waals surface area contributed by atoms with Crippen molar-refractivity contribution < 1.29 is 149 Å². The Morgan fingerprint density at radius 1 is 0.725 bits per heavy atom. The Bertz CT molecular complexity index is 5380. The highest BCUT2D eigenvalue weighted by atomic mass is 35.5. The molecule has 11 bridgehead atoms. The first-order valence-corrected chi connectivity index (χ1v) is 43.5. The van der Waals surface area contributed by atoms with Crippen molar-refractivity contribution in [3.05, 3.63) is 141 Å². The number of primary amides is 1.